The zero-order chi connectivity index (χ0) is 14.4. The SMILES string of the molecule is CNC(C)c1cccc(NC(=O)CCC2CCCO2)c1. The summed E-state index contributed by atoms with van der Waals surface area (Å²) in [6.07, 6.45) is 3.82. The molecule has 110 valence electrons. The van der Waals surface area contributed by atoms with Crippen molar-refractivity contribution < 1.29 is 9.53 Å². The van der Waals surface area contributed by atoms with Crippen LogP contribution in [0.25, 0.3) is 0 Å². The molecule has 0 aromatic heterocycles. The molecule has 0 saturated carbocycles. The van der Waals surface area contributed by atoms with Crippen molar-refractivity contribution in [3.63, 3.8) is 0 Å². The molecule has 0 bridgehead atoms. The van der Waals surface area contributed by atoms with E-state index in [0.29, 0.717) is 6.42 Å². The average molecular weight is 276 g/mol. The highest BCUT2D eigenvalue weighted by molar-refractivity contribution is 5.90. The number of carbonyl (C=O) groups excluding carboxylic acids is 1. The molecular weight excluding hydrogens is 252 g/mol. The molecule has 1 saturated heterocycles. The summed E-state index contributed by atoms with van der Waals surface area (Å²) in [7, 11) is 1.93. The molecule has 2 unspecified atom stereocenters. The van der Waals surface area contributed by atoms with Gasteiger partial charge in [-0.15, -0.1) is 0 Å². The van der Waals surface area contributed by atoms with Crippen LogP contribution in [-0.4, -0.2) is 25.7 Å². The second-order valence-electron chi connectivity index (χ2n) is 5.36. The molecule has 0 aliphatic carbocycles. The molecule has 2 atom stereocenters. The number of ether oxygens (including phenoxy) is 1. The Morgan fingerprint density at radius 3 is 3.05 bits per heavy atom. The maximum Gasteiger partial charge on any atom is 0.224 e. The minimum absolute atomic E-state index is 0.0646. The van der Waals surface area contributed by atoms with Gasteiger partial charge in [-0.05, 0) is 50.9 Å². The van der Waals surface area contributed by atoms with E-state index in [1.165, 1.54) is 5.56 Å². The second kappa shape index (κ2) is 7.41. The van der Waals surface area contributed by atoms with Crippen LogP contribution in [0.4, 0.5) is 5.69 Å². The molecule has 4 heteroatoms. The summed E-state index contributed by atoms with van der Waals surface area (Å²) in [6.45, 7) is 2.94. The third kappa shape index (κ3) is 4.32. The van der Waals surface area contributed by atoms with E-state index in [-0.39, 0.29) is 18.1 Å². The first-order chi connectivity index (χ1) is 9.69. The van der Waals surface area contributed by atoms with E-state index in [0.717, 1.165) is 31.6 Å². The Labute approximate surface area is 120 Å². The maximum atomic E-state index is 11.9. The van der Waals surface area contributed by atoms with Gasteiger partial charge in [0.15, 0.2) is 0 Å². The van der Waals surface area contributed by atoms with Crippen molar-refractivity contribution in [2.75, 3.05) is 19.0 Å². The Hall–Kier alpha value is -1.39. The molecule has 20 heavy (non-hydrogen) atoms. The Morgan fingerprint density at radius 1 is 1.50 bits per heavy atom. The average Bonchev–Trinajstić information content (AvgIpc) is 2.98. The number of amides is 1. The Bertz CT molecular complexity index is 442. The van der Waals surface area contributed by atoms with E-state index in [1.807, 2.05) is 25.2 Å². The molecule has 1 aliphatic heterocycles. The molecule has 4 nitrogen and oxygen atoms in total. The highest BCUT2D eigenvalue weighted by Gasteiger charge is 2.16. The van der Waals surface area contributed by atoms with Crippen LogP contribution in [0.2, 0.25) is 0 Å². The Morgan fingerprint density at radius 2 is 2.35 bits per heavy atom. The van der Waals surface area contributed by atoms with Gasteiger partial charge in [-0.2, -0.15) is 0 Å². The third-order valence-corrected chi connectivity index (χ3v) is 3.82. The van der Waals surface area contributed by atoms with Crippen LogP contribution in [0, 0.1) is 0 Å². The smallest absolute Gasteiger partial charge is 0.224 e. The van der Waals surface area contributed by atoms with Gasteiger partial charge in [0.05, 0.1) is 6.10 Å². The molecule has 0 spiro atoms. The number of rotatable bonds is 6. The van der Waals surface area contributed by atoms with Crippen molar-refractivity contribution in [3.8, 4) is 0 Å². The zero-order valence-electron chi connectivity index (χ0n) is 12.3. The monoisotopic (exact) mass is 276 g/mol. The largest absolute Gasteiger partial charge is 0.378 e. The zero-order valence-corrected chi connectivity index (χ0v) is 12.3. The van der Waals surface area contributed by atoms with E-state index in [1.54, 1.807) is 0 Å². The standard InChI is InChI=1S/C16H24N2O2/c1-12(17-2)13-5-3-6-14(11-13)18-16(19)9-8-15-7-4-10-20-15/h3,5-6,11-12,15,17H,4,7-10H2,1-2H3,(H,18,19). The highest BCUT2D eigenvalue weighted by Crippen LogP contribution is 2.19. The minimum Gasteiger partial charge on any atom is -0.378 e. The van der Waals surface area contributed by atoms with E-state index >= 15 is 0 Å². The fraction of sp³-hybridized carbons (Fsp3) is 0.562. The lowest BCUT2D eigenvalue weighted by molar-refractivity contribution is -0.116. The Kier molecular flexibility index (Phi) is 5.56. The van der Waals surface area contributed by atoms with Crippen LogP contribution in [0.5, 0.6) is 0 Å². The van der Waals surface area contributed by atoms with Gasteiger partial charge in [-0.3, -0.25) is 4.79 Å². The van der Waals surface area contributed by atoms with Crippen molar-refractivity contribution in [1.82, 2.24) is 5.32 Å². The number of hydrogen-bond donors (Lipinski definition) is 2. The molecule has 1 aromatic rings. The van der Waals surface area contributed by atoms with E-state index in [2.05, 4.69) is 23.6 Å². The van der Waals surface area contributed by atoms with E-state index in [9.17, 15) is 4.79 Å². The van der Waals surface area contributed by atoms with Crippen molar-refractivity contribution in [2.24, 2.45) is 0 Å². The summed E-state index contributed by atoms with van der Waals surface area (Å²) < 4.78 is 5.53. The summed E-state index contributed by atoms with van der Waals surface area (Å²) in [6, 6.07) is 8.25. The van der Waals surface area contributed by atoms with Crippen LogP contribution < -0.4 is 10.6 Å². The predicted octanol–water partition coefficient (Wildman–Crippen LogP) is 2.86. The summed E-state index contributed by atoms with van der Waals surface area (Å²) in [4.78, 5) is 11.9. The fourth-order valence-electron chi connectivity index (χ4n) is 2.44. The van der Waals surface area contributed by atoms with Gasteiger partial charge in [0.1, 0.15) is 0 Å². The summed E-state index contributed by atoms with van der Waals surface area (Å²) in [5, 5.41) is 6.16. The van der Waals surface area contributed by atoms with Gasteiger partial charge in [0.2, 0.25) is 5.91 Å². The van der Waals surface area contributed by atoms with Gasteiger partial charge in [0.25, 0.3) is 0 Å². The number of nitrogens with one attached hydrogen (secondary N) is 2. The van der Waals surface area contributed by atoms with Gasteiger partial charge >= 0.3 is 0 Å². The molecule has 1 aliphatic rings. The van der Waals surface area contributed by atoms with Crippen molar-refractivity contribution in [2.45, 2.75) is 44.8 Å². The van der Waals surface area contributed by atoms with Crippen molar-refractivity contribution in [3.05, 3.63) is 29.8 Å². The van der Waals surface area contributed by atoms with Crippen LogP contribution in [0.15, 0.2) is 24.3 Å². The topological polar surface area (TPSA) is 50.4 Å². The molecule has 0 radical (unpaired) electrons. The Balaban J connectivity index is 1.83. The lowest BCUT2D eigenvalue weighted by atomic mass is 10.1. The van der Waals surface area contributed by atoms with E-state index in [4.69, 9.17) is 4.74 Å². The molecule has 1 amide bonds. The van der Waals surface area contributed by atoms with Crippen LogP contribution >= 0.6 is 0 Å². The van der Waals surface area contributed by atoms with E-state index < -0.39 is 0 Å². The van der Waals surface area contributed by atoms with Gasteiger partial charge in [-0.1, -0.05) is 12.1 Å². The molecule has 1 heterocycles. The normalized spacial score (nSPS) is 19.8. The van der Waals surface area contributed by atoms with Gasteiger partial charge < -0.3 is 15.4 Å². The quantitative estimate of drug-likeness (QED) is 0.840. The first-order valence-corrected chi connectivity index (χ1v) is 7.37. The van der Waals surface area contributed by atoms with Crippen LogP contribution in [-0.2, 0) is 9.53 Å². The minimum atomic E-state index is 0.0646. The summed E-state index contributed by atoms with van der Waals surface area (Å²) in [5.41, 5.74) is 2.03. The van der Waals surface area contributed by atoms with Gasteiger partial charge in [-0.25, -0.2) is 0 Å². The summed E-state index contributed by atoms with van der Waals surface area (Å²) >= 11 is 0. The third-order valence-electron chi connectivity index (χ3n) is 3.82. The summed E-state index contributed by atoms with van der Waals surface area (Å²) in [5.74, 6) is 0.0646. The number of benzene rings is 1. The van der Waals surface area contributed by atoms with Crippen LogP contribution in [0.3, 0.4) is 0 Å². The molecule has 2 rings (SSSR count). The molecule has 2 N–H and O–H groups in total. The molecular formula is C16H24N2O2. The van der Waals surface area contributed by atoms with Crippen LogP contribution in [0.1, 0.15) is 44.2 Å². The predicted molar refractivity (Wildman–Crippen MR) is 80.8 cm³/mol. The molecule has 1 aromatic carbocycles. The maximum absolute atomic E-state index is 11.9. The van der Waals surface area contributed by atoms with Crippen molar-refractivity contribution >= 4 is 11.6 Å². The second-order valence-corrected chi connectivity index (χ2v) is 5.36. The van der Waals surface area contributed by atoms with Crippen molar-refractivity contribution in [1.29, 1.82) is 0 Å². The lowest BCUT2D eigenvalue weighted by Gasteiger charge is -2.13. The lowest BCUT2D eigenvalue weighted by Crippen LogP contribution is -2.16. The first-order valence-electron chi connectivity index (χ1n) is 7.37. The first kappa shape index (κ1) is 15.0. The highest BCUT2D eigenvalue weighted by atomic mass is 16.5. The van der Waals surface area contributed by atoms with Gasteiger partial charge in [0, 0.05) is 24.8 Å². The fourth-order valence-corrected chi connectivity index (χ4v) is 2.44. The number of anilines is 1. The number of hydrogen-bond acceptors (Lipinski definition) is 3. The molecule has 1 fully saturated rings. The number of carbonyl (C=O) groups is 1.